The van der Waals surface area contributed by atoms with Crippen molar-refractivity contribution < 1.29 is 53.6 Å². The number of likely N-dealkylation sites (N-methyl/N-ethyl adjacent to an activating group) is 1. The Hall–Kier alpha value is -0.970. The van der Waals surface area contributed by atoms with Gasteiger partial charge in [-0.25, -0.2) is 0 Å². The normalized spacial score (nSPS) is 51.5. The number of rotatable bonds is 6. The first kappa shape index (κ1) is 41.8. The Balaban J connectivity index is 1.76. The summed E-state index contributed by atoms with van der Waals surface area (Å²) in [5, 5.41) is 50.1. The summed E-state index contributed by atoms with van der Waals surface area (Å²) in [6.07, 6.45) is -5.70. The van der Waals surface area contributed by atoms with E-state index < -0.39 is 78.1 Å². The number of esters is 1. The van der Waals surface area contributed by atoms with Crippen molar-refractivity contribution in [2.75, 3.05) is 27.2 Å². The number of hydrogen-bond donors (Lipinski definition) is 5. The maximum atomic E-state index is 14.1. The van der Waals surface area contributed by atoms with Crippen LogP contribution in [0.15, 0.2) is 0 Å². The summed E-state index contributed by atoms with van der Waals surface area (Å²) in [4.78, 5) is 16.1. The first-order valence-corrected chi connectivity index (χ1v) is 18.8. The molecule has 4 aliphatic rings. The van der Waals surface area contributed by atoms with E-state index in [1.54, 1.807) is 27.7 Å². The summed E-state index contributed by atoms with van der Waals surface area (Å²) in [5.74, 6) is -2.18. The Morgan fingerprint density at radius 2 is 1.62 bits per heavy atom. The van der Waals surface area contributed by atoms with Crippen LogP contribution in [0.1, 0.15) is 94.9 Å². The molecule has 5 N–H and O–H groups in total. The van der Waals surface area contributed by atoms with Crippen molar-refractivity contribution in [3.63, 3.8) is 0 Å². The molecule has 0 amide bonds. The standard InChI is InChI=1S/C37H68N2O11/c1-13-27-36(10,44)31(41)24(7)38-17-19(2)16-35(9,43)32(50-34-29(40)26(39(11)12)15-21(4)46-34)22(5)30(23(6)33(42)48-27)49-28-14-20(3)37(18-45-37)25(8)47-28/h19-32,34,38,40-41,43-44H,13-18H2,1-12H3. The van der Waals surface area contributed by atoms with Crippen LogP contribution in [0.2, 0.25) is 0 Å². The highest BCUT2D eigenvalue weighted by Crippen LogP contribution is 2.47. The average Bonchev–Trinajstić information content (AvgIpc) is 3.84. The zero-order chi connectivity index (χ0) is 37.5. The maximum absolute atomic E-state index is 14.1. The van der Waals surface area contributed by atoms with Gasteiger partial charge in [0.1, 0.15) is 29.5 Å². The van der Waals surface area contributed by atoms with E-state index in [4.69, 9.17) is 28.4 Å². The van der Waals surface area contributed by atoms with Crippen LogP contribution in [0, 0.1) is 23.7 Å². The van der Waals surface area contributed by atoms with E-state index in [2.05, 4.69) is 12.2 Å². The largest absolute Gasteiger partial charge is 0.459 e. The minimum atomic E-state index is -1.76. The zero-order valence-electron chi connectivity index (χ0n) is 32.5. The Morgan fingerprint density at radius 1 is 0.980 bits per heavy atom. The van der Waals surface area contributed by atoms with Gasteiger partial charge >= 0.3 is 5.97 Å². The fourth-order valence-electron chi connectivity index (χ4n) is 8.74. The predicted molar refractivity (Wildman–Crippen MR) is 186 cm³/mol. The van der Waals surface area contributed by atoms with Crippen LogP contribution < -0.4 is 5.32 Å². The molecule has 4 saturated heterocycles. The fourth-order valence-corrected chi connectivity index (χ4v) is 8.74. The molecule has 0 saturated carbocycles. The van der Waals surface area contributed by atoms with E-state index in [1.807, 2.05) is 46.7 Å². The lowest BCUT2D eigenvalue weighted by atomic mass is 9.77. The lowest BCUT2D eigenvalue weighted by Gasteiger charge is -2.48. The van der Waals surface area contributed by atoms with Gasteiger partial charge in [-0.2, -0.15) is 0 Å². The van der Waals surface area contributed by atoms with Crippen LogP contribution in [0.5, 0.6) is 0 Å². The van der Waals surface area contributed by atoms with Crippen molar-refractivity contribution in [2.24, 2.45) is 23.7 Å². The first-order chi connectivity index (χ1) is 23.2. The molecule has 292 valence electrons. The van der Waals surface area contributed by atoms with Gasteiger partial charge in [0.15, 0.2) is 12.6 Å². The fraction of sp³-hybridized carbons (Fsp3) is 0.973. The molecule has 13 heteroatoms. The van der Waals surface area contributed by atoms with Gasteiger partial charge in [0.05, 0.1) is 42.5 Å². The second kappa shape index (κ2) is 16.2. The van der Waals surface area contributed by atoms with Crippen LogP contribution >= 0.6 is 0 Å². The summed E-state index contributed by atoms with van der Waals surface area (Å²) in [6.45, 7) is 19.4. The SMILES string of the molecule is CCC1OC(=O)C(C)C(OC2CC(C)C3(CO3)C(C)O2)C(C)C(OC2OC(C)CC(N(C)C)C2O)C(C)(O)CC(C)CNC(C)C(O)C1(C)O. The third-order valence-electron chi connectivity index (χ3n) is 12.1. The predicted octanol–water partition coefficient (Wildman–Crippen LogP) is 2.20. The molecule has 50 heavy (non-hydrogen) atoms. The molecular weight excluding hydrogens is 648 g/mol. The van der Waals surface area contributed by atoms with Crippen molar-refractivity contribution >= 4 is 5.97 Å². The van der Waals surface area contributed by atoms with Gasteiger partial charge in [-0.3, -0.25) is 4.79 Å². The molecule has 0 aromatic heterocycles. The van der Waals surface area contributed by atoms with E-state index in [0.717, 1.165) is 0 Å². The van der Waals surface area contributed by atoms with Gasteiger partial charge in [0.25, 0.3) is 0 Å². The summed E-state index contributed by atoms with van der Waals surface area (Å²) in [6, 6.07) is -0.797. The van der Waals surface area contributed by atoms with Crippen LogP contribution in [0.3, 0.4) is 0 Å². The number of cyclic esters (lactones) is 1. The minimum absolute atomic E-state index is 0.117. The number of nitrogens with one attached hydrogen (secondary N) is 1. The Morgan fingerprint density at radius 3 is 2.18 bits per heavy atom. The zero-order valence-corrected chi connectivity index (χ0v) is 32.5. The van der Waals surface area contributed by atoms with Crippen molar-refractivity contribution in [1.29, 1.82) is 0 Å². The Labute approximate surface area is 299 Å². The van der Waals surface area contributed by atoms with Crippen LogP contribution in [0.4, 0.5) is 0 Å². The smallest absolute Gasteiger partial charge is 0.311 e. The number of aliphatic hydroxyl groups is 4. The van der Waals surface area contributed by atoms with Crippen LogP contribution in [-0.4, -0.2) is 143 Å². The quantitative estimate of drug-likeness (QED) is 0.200. The molecule has 18 atom stereocenters. The van der Waals surface area contributed by atoms with Crippen LogP contribution in [0.25, 0.3) is 0 Å². The Kier molecular flexibility index (Phi) is 13.5. The monoisotopic (exact) mass is 716 g/mol. The third-order valence-corrected chi connectivity index (χ3v) is 12.1. The number of epoxide rings is 1. The highest BCUT2D eigenvalue weighted by Gasteiger charge is 2.59. The molecule has 4 heterocycles. The lowest BCUT2D eigenvalue weighted by molar-refractivity contribution is -0.308. The molecule has 1 spiro atoms. The Bertz CT molecular complexity index is 1100. The number of aliphatic hydroxyl groups excluding tert-OH is 2. The van der Waals surface area contributed by atoms with Gasteiger partial charge < -0.3 is 59.1 Å². The van der Waals surface area contributed by atoms with Crippen molar-refractivity contribution in [3.8, 4) is 0 Å². The maximum Gasteiger partial charge on any atom is 0.311 e. The van der Waals surface area contributed by atoms with Gasteiger partial charge in [0, 0.05) is 24.4 Å². The number of carbonyl (C=O) groups is 1. The van der Waals surface area contributed by atoms with E-state index in [-0.39, 0.29) is 48.5 Å². The molecule has 4 fully saturated rings. The lowest BCUT2D eigenvalue weighted by Crippen LogP contribution is -2.59. The third kappa shape index (κ3) is 8.86. The van der Waals surface area contributed by atoms with Crippen molar-refractivity contribution in [3.05, 3.63) is 0 Å². The topological polar surface area (TPSA) is 172 Å². The van der Waals surface area contributed by atoms with Gasteiger partial charge in [-0.1, -0.05) is 27.7 Å². The van der Waals surface area contributed by atoms with Crippen molar-refractivity contribution in [1.82, 2.24) is 10.2 Å². The second-order valence-corrected chi connectivity index (χ2v) is 16.8. The molecule has 13 nitrogen and oxygen atoms in total. The number of carbonyl (C=O) groups excluding carboxylic acids is 1. The van der Waals surface area contributed by atoms with E-state index in [1.165, 1.54) is 6.92 Å². The molecule has 0 aliphatic carbocycles. The summed E-state index contributed by atoms with van der Waals surface area (Å²) in [7, 11) is 3.80. The molecule has 0 radical (unpaired) electrons. The molecule has 4 rings (SSSR count). The van der Waals surface area contributed by atoms with Gasteiger partial charge in [-0.05, 0) is 93.3 Å². The molecular formula is C37H68N2O11. The molecule has 4 aliphatic heterocycles. The summed E-state index contributed by atoms with van der Waals surface area (Å²) in [5.41, 5.74) is -3.60. The van der Waals surface area contributed by atoms with E-state index in [0.29, 0.717) is 26.0 Å². The second-order valence-electron chi connectivity index (χ2n) is 16.8. The number of hydrogen-bond acceptors (Lipinski definition) is 13. The molecule has 0 aromatic rings. The minimum Gasteiger partial charge on any atom is -0.459 e. The summed E-state index contributed by atoms with van der Waals surface area (Å²) >= 11 is 0. The summed E-state index contributed by atoms with van der Waals surface area (Å²) < 4.78 is 37.9. The van der Waals surface area contributed by atoms with Gasteiger partial charge in [0.2, 0.25) is 0 Å². The van der Waals surface area contributed by atoms with Gasteiger partial charge in [-0.15, -0.1) is 0 Å². The number of ether oxygens (including phenoxy) is 6. The van der Waals surface area contributed by atoms with Crippen molar-refractivity contribution in [2.45, 2.75) is 179 Å². The first-order valence-electron chi connectivity index (χ1n) is 18.8. The molecule has 0 aromatic carbocycles. The van der Waals surface area contributed by atoms with E-state index >= 15 is 0 Å². The van der Waals surface area contributed by atoms with E-state index in [9.17, 15) is 25.2 Å². The molecule has 0 bridgehead atoms. The highest BCUT2D eigenvalue weighted by atomic mass is 16.7. The molecule has 18 unspecified atom stereocenters. The van der Waals surface area contributed by atoms with Crippen LogP contribution in [-0.2, 0) is 33.2 Å². The highest BCUT2D eigenvalue weighted by molar-refractivity contribution is 5.73. The average molecular weight is 717 g/mol. The number of nitrogens with zero attached hydrogens (tertiary/aromatic N) is 1.